The standard InChI is InChI=1S/C10H16ClNO3S2/c1-2-9-3-4-10(16-9)17(13,14)12-6-8-15-7-5-11/h3-4,12H,2,5-8H2,1H3. The van der Waals surface area contributed by atoms with E-state index in [0.29, 0.717) is 23.3 Å². The van der Waals surface area contributed by atoms with Crippen molar-refractivity contribution in [2.45, 2.75) is 17.6 Å². The van der Waals surface area contributed by atoms with Gasteiger partial charge in [0.2, 0.25) is 10.0 Å². The molecule has 1 heterocycles. The summed E-state index contributed by atoms with van der Waals surface area (Å²) in [6.07, 6.45) is 0.846. The van der Waals surface area contributed by atoms with Crippen molar-refractivity contribution in [3.8, 4) is 0 Å². The predicted molar refractivity (Wildman–Crippen MR) is 70.4 cm³/mol. The minimum Gasteiger partial charge on any atom is -0.379 e. The number of alkyl halides is 1. The number of halogens is 1. The third kappa shape index (κ3) is 4.93. The molecule has 0 amide bonds. The van der Waals surface area contributed by atoms with Crippen molar-refractivity contribution in [3.05, 3.63) is 17.0 Å². The second-order valence-electron chi connectivity index (χ2n) is 3.27. The van der Waals surface area contributed by atoms with Crippen LogP contribution in [0.1, 0.15) is 11.8 Å². The van der Waals surface area contributed by atoms with Gasteiger partial charge in [0.25, 0.3) is 0 Å². The summed E-state index contributed by atoms with van der Waals surface area (Å²) in [6, 6.07) is 3.47. The van der Waals surface area contributed by atoms with Crippen LogP contribution in [0.25, 0.3) is 0 Å². The van der Waals surface area contributed by atoms with Crippen LogP contribution in [-0.4, -0.2) is 34.1 Å². The van der Waals surface area contributed by atoms with E-state index in [1.165, 1.54) is 11.3 Å². The molecule has 0 radical (unpaired) electrons. The summed E-state index contributed by atoms with van der Waals surface area (Å²) >= 11 is 6.72. The number of thiophene rings is 1. The average molecular weight is 298 g/mol. The molecule has 98 valence electrons. The molecule has 0 spiro atoms. The molecule has 7 heteroatoms. The molecule has 1 aromatic heterocycles. The Kier molecular flexibility index (Phi) is 6.43. The quantitative estimate of drug-likeness (QED) is 0.588. The van der Waals surface area contributed by atoms with Crippen LogP contribution in [0, 0.1) is 0 Å². The molecule has 0 bridgehead atoms. The molecule has 0 saturated heterocycles. The van der Waals surface area contributed by atoms with Gasteiger partial charge in [0.15, 0.2) is 0 Å². The highest BCUT2D eigenvalue weighted by molar-refractivity contribution is 7.91. The predicted octanol–water partition coefficient (Wildman–Crippen LogP) is 1.84. The molecule has 0 fully saturated rings. The summed E-state index contributed by atoms with van der Waals surface area (Å²) in [7, 11) is -3.38. The van der Waals surface area contributed by atoms with Gasteiger partial charge in [0.05, 0.1) is 13.2 Å². The number of rotatable bonds is 8. The molecule has 0 atom stereocenters. The highest BCUT2D eigenvalue weighted by Crippen LogP contribution is 2.21. The number of nitrogens with one attached hydrogen (secondary N) is 1. The minimum atomic E-state index is -3.38. The van der Waals surface area contributed by atoms with Crippen molar-refractivity contribution in [1.82, 2.24) is 4.72 Å². The van der Waals surface area contributed by atoms with Gasteiger partial charge in [0.1, 0.15) is 4.21 Å². The van der Waals surface area contributed by atoms with Crippen LogP contribution in [0.2, 0.25) is 0 Å². The van der Waals surface area contributed by atoms with Crippen molar-refractivity contribution in [1.29, 1.82) is 0 Å². The second kappa shape index (κ2) is 7.33. The maximum absolute atomic E-state index is 11.8. The second-order valence-corrected chi connectivity index (χ2v) is 6.81. The van der Waals surface area contributed by atoms with Gasteiger partial charge in [-0.3, -0.25) is 0 Å². The Morgan fingerprint density at radius 2 is 2.18 bits per heavy atom. The number of sulfonamides is 1. The van der Waals surface area contributed by atoms with E-state index in [1.54, 1.807) is 6.07 Å². The van der Waals surface area contributed by atoms with Crippen LogP contribution in [0.4, 0.5) is 0 Å². The number of hydrogen-bond donors (Lipinski definition) is 1. The summed E-state index contributed by atoms with van der Waals surface area (Å²) in [6.45, 7) is 3.02. The molecule has 0 saturated carbocycles. The van der Waals surface area contributed by atoms with Gasteiger partial charge in [-0.25, -0.2) is 13.1 Å². The lowest BCUT2D eigenvalue weighted by atomic mass is 10.4. The van der Waals surface area contributed by atoms with Gasteiger partial charge in [-0.2, -0.15) is 0 Å². The zero-order valence-electron chi connectivity index (χ0n) is 9.61. The van der Waals surface area contributed by atoms with Gasteiger partial charge >= 0.3 is 0 Å². The van der Waals surface area contributed by atoms with Gasteiger partial charge in [0, 0.05) is 17.3 Å². The van der Waals surface area contributed by atoms with Crippen LogP contribution in [0.5, 0.6) is 0 Å². The summed E-state index contributed by atoms with van der Waals surface area (Å²) < 4.78 is 31.5. The lowest BCUT2D eigenvalue weighted by Crippen LogP contribution is -2.27. The third-order valence-corrected chi connectivity index (χ3v) is 5.35. The van der Waals surface area contributed by atoms with E-state index in [2.05, 4.69) is 4.72 Å². The Bertz CT molecular complexity index is 431. The van der Waals surface area contributed by atoms with E-state index < -0.39 is 10.0 Å². The highest BCUT2D eigenvalue weighted by atomic mass is 35.5. The lowest BCUT2D eigenvalue weighted by Gasteiger charge is -2.04. The molecule has 1 N–H and O–H groups in total. The van der Waals surface area contributed by atoms with Crippen molar-refractivity contribution in [3.63, 3.8) is 0 Å². The largest absolute Gasteiger partial charge is 0.379 e. The lowest BCUT2D eigenvalue weighted by molar-refractivity contribution is 0.155. The van der Waals surface area contributed by atoms with Crippen molar-refractivity contribution < 1.29 is 13.2 Å². The molecule has 0 aromatic carbocycles. The van der Waals surface area contributed by atoms with Crippen LogP contribution in [0.3, 0.4) is 0 Å². The highest BCUT2D eigenvalue weighted by Gasteiger charge is 2.15. The van der Waals surface area contributed by atoms with Crippen molar-refractivity contribution in [2.24, 2.45) is 0 Å². The Balaban J connectivity index is 2.45. The fraction of sp³-hybridized carbons (Fsp3) is 0.600. The molecular formula is C10H16ClNO3S2. The van der Waals surface area contributed by atoms with E-state index in [-0.39, 0.29) is 6.54 Å². The van der Waals surface area contributed by atoms with E-state index in [0.717, 1.165) is 11.3 Å². The SMILES string of the molecule is CCc1ccc(S(=O)(=O)NCCOCCCl)s1. The first-order valence-corrected chi connectivity index (χ1v) is 8.15. The molecule has 0 aliphatic rings. The Morgan fingerprint density at radius 3 is 2.76 bits per heavy atom. The molecule has 0 aliphatic heterocycles. The van der Waals surface area contributed by atoms with E-state index in [1.807, 2.05) is 13.0 Å². The van der Waals surface area contributed by atoms with Gasteiger partial charge in [-0.15, -0.1) is 22.9 Å². The topological polar surface area (TPSA) is 55.4 Å². The average Bonchev–Trinajstić information content (AvgIpc) is 2.78. The van der Waals surface area contributed by atoms with E-state index >= 15 is 0 Å². The zero-order chi connectivity index (χ0) is 12.7. The maximum Gasteiger partial charge on any atom is 0.250 e. The van der Waals surface area contributed by atoms with Gasteiger partial charge < -0.3 is 4.74 Å². The molecular weight excluding hydrogens is 282 g/mol. The van der Waals surface area contributed by atoms with E-state index in [9.17, 15) is 8.42 Å². The summed E-state index contributed by atoms with van der Waals surface area (Å²) in [5.41, 5.74) is 0. The van der Waals surface area contributed by atoms with Crippen LogP contribution in [-0.2, 0) is 21.2 Å². The smallest absolute Gasteiger partial charge is 0.250 e. The first kappa shape index (κ1) is 14.9. The normalized spacial score (nSPS) is 11.9. The first-order valence-electron chi connectivity index (χ1n) is 5.32. The fourth-order valence-electron chi connectivity index (χ4n) is 1.17. The zero-order valence-corrected chi connectivity index (χ0v) is 12.0. The molecule has 0 aliphatic carbocycles. The van der Waals surface area contributed by atoms with Gasteiger partial charge in [-0.1, -0.05) is 6.92 Å². The summed E-state index contributed by atoms with van der Waals surface area (Å²) in [5.74, 6) is 0.414. The van der Waals surface area contributed by atoms with Crippen LogP contribution < -0.4 is 4.72 Å². The summed E-state index contributed by atoms with van der Waals surface area (Å²) in [5, 5.41) is 0. The summed E-state index contributed by atoms with van der Waals surface area (Å²) in [4.78, 5) is 1.06. The Labute approximate surface area is 111 Å². The molecule has 1 aromatic rings. The molecule has 0 unspecified atom stereocenters. The maximum atomic E-state index is 11.8. The first-order chi connectivity index (χ1) is 8.10. The van der Waals surface area contributed by atoms with Crippen molar-refractivity contribution in [2.75, 3.05) is 25.6 Å². The fourth-order valence-corrected chi connectivity index (χ4v) is 3.63. The van der Waals surface area contributed by atoms with E-state index in [4.69, 9.17) is 16.3 Å². The van der Waals surface area contributed by atoms with Crippen molar-refractivity contribution >= 4 is 33.0 Å². The van der Waals surface area contributed by atoms with Crippen LogP contribution in [0.15, 0.2) is 16.3 Å². The number of aryl methyl sites for hydroxylation is 1. The third-order valence-electron chi connectivity index (χ3n) is 2.01. The molecule has 4 nitrogen and oxygen atoms in total. The number of hydrogen-bond acceptors (Lipinski definition) is 4. The Morgan fingerprint density at radius 1 is 1.41 bits per heavy atom. The molecule has 17 heavy (non-hydrogen) atoms. The van der Waals surface area contributed by atoms with Crippen LogP contribution >= 0.6 is 22.9 Å². The molecule has 1 rings (SSSR count). The monoisotopic (exact) mass is 297 g/mol. The number of ether oxygens (including phenoxy) is 1. The minimum absolute atomic E-state index is 0.262. The van der Waals surface area contributed by atoms with Gasteiger partial charge in [-0.05, 0) is 18.6 Å². The Hall–Kier alpha value is -0.140.